The van der Waals surface area contributed by atoms with Crippen molar-refractivity contribution in [1.29, 1.82) is 0 Å². The largest absolute Gasteiger partial charge is 0.490 e. The van der Waals surface area contributed by atoms with E-state index in [1.54, 1.807) is 18.2 Å². The first-order chi connectivity index (χ1) is 8.46. The monoisotopic (exact) mass is 289 g/mol. The van der Waals surface area contributed by atoms with Crippen LogP contribution in [-0.2, 0) is 0 Å². The molecule has 0 unspecified atom stereocenters. The molecule has 0 aliphatic heterocycles. The zero-order valence-corrected chi connectivity index (χ0v) is 12.5. The number of hydrogen-bond acceptors (Lipinski definition) is 2. The molecular weight excluding hydrogens is 269 g/mol. The molecule has 1 aromatic carbocycles. The summed E-state index contributed by atoms with van der Waals surface area (Å²) in [6, 6.07) is 5.36. The molecule has 0 bridgehead atoms. The molecule has 18 heavy (non-hydrogen) atoms. The minimum Gasteiger partial charge on any atom is -0.490 e. The van der Waals surface area contributed by atoms with Gasteiger partial charge < -0.3 is 10.5 Å². The van der Waals surface area contributed by atoms with Crippen molar-refractivity contribution in [3.63, 3.8) is 0 Å². The lowest BCUT2D eigenvalue weighted by molar-refractivity contribution is 0.279. The molecule has 0 aliphatic carbocycles. The van der Waals surface area contributed by atoms with E-state index in [0.717, 1.165) is 19.3 Å². The third-order valence-corrected chi connectivity index (χ3v) is 3.56. The third kappa shape index (κ3) is 5.05. The van der Waals surface area contributed by atoms with E-state index in [-0.39, 0.29) is 5.41 Å². The van der Waals surface area contributed by atoms with Gasteiger partial charge >= 0.3 is 0 Å². The van der Waals surface area contributed by atoms with E-state index >= 15 is 0 Å². The third-order valence-electron chi connectivity index (χ3n) is 2.97. The fraction of sp³-hybridized carbons (Fsp3) is 0.571. The summed E-state index contributed by atoms with van der Waals surface area (Å²) < 4.78 is 5.62. The first-order valence-electron chi connectivity index (χ1n) is 6.23. The molecule has 0 amide bonds. The van der Waals surface area contributed by atoms with Crippen LogP contribution in [0.25, 0.3) is 0 Å². The predicted molar refractivity (Wildman–Crippen MR) is 78.6 cm³/mol. The van der Waals surface area contributed by atoms with Crippen molar-refractivity contribution < 1.29 is 4.74 Å². The van der Waals surface area contributed by atoms with Crippen LogP contribution in [0.4, 0.5) is 0 Å². The molecule has 0 saturated heterocycles. The van der Waals surface area contributed by atoms with Crippen molar-refractivity contribution in [1.82, 2.24) is 0 Å². The highest BCUT2D eigenvalue weighted by Crippen LogP contribution is 2.32. The van der Waals surface area contributed by atoms with Crippen molar-refractivity contribution in [3.8, 4) is 5.75 Å². The Bertz CT molecular complexity index is 360. The number of unbranched alkanes of at least 4 members (excludes halogenated alkanes) is 1. The summed E-state index contributed by atoms with van der Waals surface area (Å²) in [5.74, 6) is 0.582. The summed E-state index contributed by atoms with van der Waals surface area (Å²) >= 11 is 12.0. The summed E-state index contributed by atoms with van der Waals surface area (Å²) in [7, 11) is 0. The molecule has 0 fully saturated rings. The van der Waals surface area contributed by atoms with Gasteiger partial charge in [0.15, 0.2) is 5.75 Å². The van der Waals surface area contributed by atoms with Crippen LogP contribution in [0.5, 0.6) is 5.75 Å². The Morgan fingerprint density at radius 2 is 1.78 bits per heavy atom. The van der Waals surface area contributed by atoms with E-state index in [9.17, 15) is 0 Å². The molecule has 1 rings (SSSR count). The Balaban J connectivity index is 2.30. The molecule has 0 spiro atoms. The van der Waals surface area contributed by atoms with Gasteiger partial charge in [-0.1, -0.05) is 43.1 Å². The van der Waals surface area contributed by atoms with Gasteiger partial charge in [0.1, 0.15) is 0 Å². The number of ether oxygens (including phenoxy) is 1. The van der Waals surface area contributed by atoms with Crippen LogP contribution in [0.1, 0.15) is 33.1 Å². The number of rotatable bonds is 7. The molecular formula is C14H21Cl2NO. The average molecular weight is 290 g/mol. The van der Waals surface area contributed by atoms with E-state index < -0.39 is 0 Å². The molecule has 2 N–H and O–H groups in total. The van der Waals surface area contributed by atoms with Crippen LogP contribution >= 0.6 is 23.2 Å². The summed E-state index contributed by atoms with van der Waals surface area (Å²) in [5.41, 5.74) is 5.90. The molecule has 0 aliphatic rings. The number of halogens is 2. The van der Waals surface area contributed by atoms with Gasteiger partial charge in [0.05, 0.1) is 16.7 Å². The van der Waals surface area contributed by atoms with E-state index in [2.05, 4.69) is 13.8 Å². The maximum Gasteiger partial charge on any atom is 0.156 e. The van der Waals surface area contributed by atoms with Crippen LogP contribution in [0, 0.1) is 5.41 Å². The summed E-state index contributed by atoms with van der Waals surface area (Å²) in [5, 5.41) is 1.12. The van der Waals surface area contributed by atoms with Crippen LogP contribution in [-0.4, -0.2) is 13.2 Å². The molecule has 0 heterocycles. The van der Waals surface area contributed by atoms with Crippen LogP contribution in [0.2, 0.25) is 10.0 Å². The zero-order valence-electron chi connectivity index (χ0n) is 11.0. The highest BCUT2D eigenvalue weighted by atomic mass is 35.5. The van der Waals surface area contributed by atoms with E-state index in [1.165, 1.54) is 0 Å². The Labute approximate surface area is 119 Å². The van der Waals surface area contributed by atoms with Crippen LogP contribution in [0.15, 0.2) is 18.2 Å². The van der Waals surface area contributed by atoms with Crippen molar-refractivity contribution in [2.75, 3.05) is 13.2 Å². The van der Waals surface area contributed by atoms with E-state index in [4.69, 9.17) is 33.7 Å². The molecule has 0 saturated carbocycles. The highest BCUT2D eigenvalue weighted by Gasteiger charge is 2.14. The quantitative estimate of drug-likeness (QED) is 0.749. The van der Waals surface area contributed by atoms with Crippen molar-refractivity contribution in [3.05, 3.63) is 28.2 Å². The topological polar surface area (TPSA) is 35.2 Å². The second-order valence-electron chi connectivity index (χ2n) is 5.22. The maximum absolute atomic E-state index is 6.01. The van der Waals surface area contributed by atoms with Gasteiger partial charge in [0, 0.05) is 0 Å². The smallest absolute Gasteiger partial charge is 0.156 e. The summed E-state index contributed by atoms with van der Waals surface area (Å²) in [6.45, 7) is 5.70. The van der Waals surface area contributed by atoms with E-state index in [0.29, 0.717) is 28.9 Å². The van der Waals surface area contributed by atoms with Crippen LogP contribution in [0.3, 0.4) is 0 Å². The molecule has 0 aromatic heterocycles. The zero-order chi connectivity index (χ0) is 13.6. The minimum atomic E-state index is 0.210. The van der Waals surface area contributed by atoms with Gasteiger partial charge in [0.25, 0.3) is 0 Å². The van der Waals surface area contributed by atoms with Gasteiger partial charge in [-0.15, -0.1) is 0 Å². The van der Waals surface area contributed by atoms with Gasteiger partial charge in [-0.2, -0.15) is 0 Å². The second-order valence-corrected chi connectivity index (χ2v) is 6.04. The molecule has 4 heteroatoms. The number of benzene rings is 1. The molecule has 2 nitrogen and oxygen atoms in total. The lowest BCUT2D eigenvalue weighted by Crippen LogP contribution is -2.23. The number of para-hydroxylation sites is 1. The van der Waals surface area contributed by atoms with E-state index in [1.807, 2.05) is 0 Å². The van der Waals surface area contributed by atoms with Gasteiger partial charge in [-0.25, -0.2) is 0 Å². The first kappa shape index (κ1) is 15.6. The lowest BCUT2D eigenvalue weighted by Gasteiger charge is -2.21. The predicted octanol–water partition coefficient (Wildman–Crippen LogP) is 4.53. The fourth-order valence-electron chi connectivity index (χ4n) is 1.60. The van der Waals surface area contributed by atoms with Gasteiger partial charge in [0.2, 0.25) is 0 Å². The summed E-state index contributed by atoms with van der Waals surface area (Å²) in [4.78, 5) is 0. The molecule has 1 aromatic rings. The van der Waals surface area contributed by atoms with Gasteiger partial charge in [-0.3, -0.25) is 0 Å². The second kappa shape index (κ2) is 7.22. The maximum atomic E-state index is 6.01. The normalized spacial score (nSPS) is 11.6. The minimum absolute atomic E-state index is 0.210. The fourth-order valence-corrected chi connectivity index (χ4v) is 2.11. The summed E-state index contributed by atoms with van der Waals surface area (Å²) in [6.07, 6.45) is 3.17. The van der Waals surface area contributed by atoms with Crippen molar-refractivity contribution in [2.24, 2.45) is 11.1 Å². The Hall–Kier alpha value is -0.440. The Morgan fingerprint density at radius 1 is 1.17 bits per heavy atom. The Kier molecular flexibility index (Phi) is 6.27. The van der Waals surface area contributed by atoms with Crippen LogP contribution < -0.4 is 10.5 Å². The standard InChI is InChI=1S/C14H21Cl2NO/c1-14(2,10-17)8-3-4-9-18-13-11(15)6-5-7-12(13)16/h5-7H,3-4,8-10,17H2,1-2H3. The first-order valence-corrected chi connectivity index (χ1v) is 6.99. The van der Waals surface area contributed by atoms with Crippen molar-refractivity contribution >= 4 is 23.2 Å². The van der Waals surface area contributed by atoms with Crippen molar-refractivity contribution in [2.45, 2.75) is 33.1 Å². The SMILES string of the molecule is CC(C)(CN)CCCCOc1c(Cl)cccc1Cl. The molecule has 102 valence electrons. The molecule has 0 radical (unpaired) electrons. The Morgan fingerprint density at radius 3 is 2.33 bits per heavy atom. The van der Waals surface area contributed by atoms with Gasteiger partial charge in [-0.05, 0) is 43.4 Å². The highest BCUT2D eigenvalue weighted by molar-refractivity contribution is 6.37. The number of hydrogen-bond donors (Lipinski definition) is 1. The molecule has 0 atom stereocenters. The lowest BCUT2D eigenvalue weighted by atomic mass is 9.87. The number of nitrogens with two attached hydrogens (primary N) is 1. The average Bonchev–Trinajstić information content (AvgIpc) is 2.32.